The van der Waals surface area contributed by atoms with Crippen molar-refractivity contribution in [1.82, 2.24) is 21.5 Å². The molecule has 5 unspecified atom stereocenters. The average molecular weight is 483 g/mol. The number of nitrogens with zero attached hydrogens (tertiary/aromatic N) is 1. The average Bonchev–Trinajstić information content (AvgIpc) is 3.26. The van der Waals surface area contributed by atoms with E-state index in [-0.39, 0.29) is 41.5 Å². The van der Waals surface area contributed by atoms with Crippen LogP contribution in [0, 0.1) is 17.3 Å². The Morgan fingerprint density at radius 2 is 1.94 bits per heavy atom. The number of nitrogens with one attached hydrogen (secondary N) is 5. The van der Waals surface area contributed by atoms with Crippen LogP contribution in [-0.2, 0) is 9.59 Å². The van der Waals surface area contributed by atoms with Gasteiger partial charge in [0.15, 0.2) is 0 Å². The number of anilines is 2. The maximum atomic E-state index is 12.7. The normalized spacial score (nSPS) is 32.1. The summed E-state index contributed by atoms with van der Waals surface area (Å²) in [6.07, 6.45) is 2.47. The zero-order chi connectivity index (χ0) is 23.3. The molecule has 3 saturated heterocycles. The Hall–Kier alpha value is -2.66. The third kappa shape index (κ3) is 3.94. The second-order valence-electron chi connectivity index (χ2n) is 9.94. The van der Waals surface area contributed by atoms with Gasteiger partial charge in [0.05, 0.1) is 24.2 Å². The molecule has 2 aromatic rings. The van der Waals surface area contributed by atoms with Gasteiger partial charge in [-0.3, -0.25) is 25.6 Å². The van der Waals surface area contributed by atoms with Crippen LogP contribution in [0.3, 0.4) is 0 Å². The highest BCUT2D eigenvalue weighted by atomic mass is 32.1. The summed E-state index contributed by atoms with van der Waals surface area (Å²) in [7, 11) is 0. The standard InChI is InChI=1S/C24H30N6O3S/c31-22-19-18(12-25-29-22)27-20(14-5-10-34-13-14)28-21(19)26-15-1-3-16(4-2-15)30-8-6-24(7-9-30)11-17(24)23(32)33/h1-5,10,13,17-21,25-28H,6-9,11-12H2,(H,29,31)(H,32,33). The molecule has 3 aliphatic heterocycles. The van der Waals surface area contributed by atoms with Crippen LogP contribution < -0.4 is 31.7 Å². The molecule has 1 saturated carbocycles. The number of rotatable bonds is 5. The molecule has 9 nitrogen and oxygen atoms in total. The highest BCUT2D eigenvalue weighted by Crippen LogP contribution is 2.59. The minimum absolute atomic E-state index is 0.00870. The molecule has 6 rings (SSSR count). The first-order valence-electron chi connectivity index (χ1n) is 11.9. The van der Waals surface area contributed by atoms with Crippen LogP contribution in [0.15, 0.2) is 41.1 Å². The van der Waals surface area contributed by atoms with E-state index in [1.165, 1.54) is 5.56 Å². The van der Waals surface area contributed by atoms with Gasteiger partial charge < -0.3 is 15.3 Å². The summed E-state index contributed by atoms with van der Waals surface area (Å²) in [6, 6.07) is 10.5. The Bertz CT molecular complexity index is 1050. The number of aliphatic carboxylic acids is 1. The molecule has 1 spiro atoms. The van der Waals surface area contributed by atoms with Gasteiger partial charge in [-0.2, -0.15) is 11.3 Å². The number of piperidine rings is 1. The first-order valence-corrected chi connectivity index (χ1v) is 12.9. The van der Waals surface area contributed by atoms with Gasteiger partial charge in [-0.25, -0.2) is 5.43 Å². The monoisotopic (exact) mass is 482 g/mol. The van der Waals surface area contributed by atoms with Crippen molar-refractivity contribution in [1.29, 1.82) is 0 Å². The summed E-state index contributed by atoms with van der Waals surface area (Å²) in [5.41, 5.74) is 9.08. The van der Waals surface area contributed by atoms with Crippen LogP contribution in [0.25, 0.3) is 0 Å². The Morgan fingerprint density at radius 1 is 1.15 bits per heavy atom. The smallest absolute Gasteiger partial charge is 0.307 e. The Morgan fingerprint density at radius 3 is 2.62 bits per heavy atom. The molecule has 180 valence electrons. The van der Waals surface area contributed by atoms with Gasteiger partial charge in [-0.15, -0.1) is 0 Å². The number of amides is 1. The predicted octanol–water partition coefficient (Wildman–Crippen LogP) is 1.69. The fourth-order valence-corrected chi connectivity index (χ4v) is 6.59. The minimum Gasteiger partial charge on any atom is -0.481 e. The number of carboxylic acids is 1. The van der Waals surface area contributed by atoms with E-state index in [0.717, 1.165) is 43.7 Å². The van der Waals surface area contributed by atoms with Crippen molar-refractivity contribution in [3.63, 3.8) is 0 Å². The van der Waals surface area contributed by atoms with Crippen molar-refractivity contribution in [2.75, 3.05) is 29.9 Å². The van der Waals surface area contributed by atoms with Gasteiger partial charge in [0.2, 0.25) is 5.91 Å². The molecular weight excluding hydrogens is 452 g/mol. The summed E-state index contributed by atoms with van der Waals surface area (Å²) >= 11 is 1.66. The van der Waals surface area contributed by atoms with Crippen molar-refractivity contribution in [3.8, 4) is 0 Å². The number of hydrogen-bond donors (Lipinski definition) is 6. The number of benzene rings is 1. The first kappa shape index (κ1) is 21.8. The minimum atomic E-state index is -0.638. The summed E-state index contributed by atoms with van der Waals surface area (Å²) in [5.74, 6) is -1.07. The zero-order valence-electron chi connectivity index (χ0n) is 18.8. The van der Waals surface area contributed by atoms with E-state index < -0.39 is 5.97 Å². The summed E-state index contributed by atoms with van der Waals surface area (Å²) in [4.78, 5) is 26.3. The largest absolute Gasteiger partial charge is 0.481 e. The van der Waals surface area contributed by atoms with E-state index in [1.807, 2.05) is 0 Å². The van der Waals surface area contributed by atoms with Crippen molar-refractivity contribution >= 4 is 34.6 Å². The van der Waals surface area contributed by atoms with Crippen LogP contribution in [0.4, 0.5) is 11.4 Å². The lowest BCUT2D eigenvalue weighted by atomic mass is 9.90. The van der Waals surface area contributed by atoms with Gasteiger partial charge in [-0.1, -0.05) is 0 Å². The molecule has 4 aliphatic rings. The lowest BCUT2D eigenvalue weighted by molar-refractivity contribution is -0.139. The Labute approximate surface area is 202 Å². The van der Waals surface area contributed by atoms with E-state index in [0.29, 0.717) is 6.54 Å². The molecule has 4 fully saturated rings. The van der Waals surface area contributed by atoms with Gasteiger partial charge in [-0.05, 0) is 71.3 Å². The topological polar surface area (TPSA) is 118 Å². The van der Waals surface area contributed by atoms with E-state index in [1.54, 1.807) is 11.3 Å². The van der Waals surface area contributed by atoms with Crippen LogP contribution in [0.2, 0.25) is 0 Å². The molecule has 10 heteroatoms. The molecule has 1 aliphatic carbocycles. The van der Waals surface area contributed by atoms with Crippen LogP contribution in [0.5, 0.6) is 0 Å². The van der Waals surface area contributed by atoms with Crippen LogP contribution in [0.1, 0.15) is 31.0 Å². The number of fused-ring (bicyclic) bond motifs is 1. The van der Waals surface area contributed by atoms with Crippen LogP contribution >= 0.6 is 11.3 Å². The van der Waals surface area contributed by atoms with Crippen molar-refractivity contribution < 1.29 is 14.7 Å². The van der Waals surface area contributed by atoms with Crippen molar-refractivity contribution in [2.24, 2.45) is 17.3 Å². The quantitative estimate of drug-likeness (QED) is 0.381. The van der Waals surface area contributed by atoms with E-state index in [2.05, 4.69) is 72.8 Å². The van der Waals surface area contributed by atoms with Crippen LogP contribution in [-0.4, -0.2) is 48.8 Å². The van der Waals surface area contributed by atoms with E-state index in [9.17, 15) is 14.7 Å². The molecule has 1 aromatic heterocycles. The number of carbonyl (C=O) groups is 2. The van der Waals surface area contributed by atoms with Gasteiger partial charge >= 0.3 is 5.97 Å². The van der Waals surface area contributed by atoms with E-state index >= 15 is 0 Å². The second-order valence-corrected chi connectivity index (χ2v) is 10.7. The number of hydrazine groups is 1. The van der Waals surface area contributed by atoms with E-state index in [4.69, 9.17) is 0 Å². The molecule has 5 atom stereocenters. The molecule has 34 heavy (non-hydrogen) atoms. The maximum absolute atomic E-state index is 12.7. The van der Waals surface area contributed by atoms with Crippen molar-refractivity contribution in [2.45, 2.75) is 37.6 Å². The highest BCUT2D eigenvalue weighted by Gasteiger charge is 2.58. The fourth-order valence-electron chi connectivity index (χ4n) is 5.90. The second kappa shape index (κ2) is 8.53. The molecule has 1 aromatic carbocycles. The first-order chi connectivity index (χ1) is 16.5. The third-order valence-corrected chi connectivity index (χ3v) is 8.74. The molecule has 4 heterocycles. The molecule has 0 bridgehead atoms. The number of carboxylic acid groups (broad SMARTS) is 1. The SMILES string of the molecule is O=C1NNCC2NC(c3ccsc3)NC(Nc3ccc(N4CCC5(CC4)CC5C(=O)O)cc3)C12. The Kier molecular flexibility index (Phi) is 5.48. The number of hydrogen-bond acceptors (Lipinski definition) is 8. The summed E-state index contributed by atoms with van der Waals surface area (Å²) in [6.45, 7) is 2.45. The highest BCUT2D eigenvalue weighted by molar-refractivity contribution is 7.07. The van der Waals surface area contributed by atoms with Gasteiger partial charge in [0, 0.05) is 37.1 Å². The van der Waals surface area contributed by atoms with Crippen molar-refractivity contribution in [3.05, 3.63) is 46.7 Å². The van der Waals surface area contributed by atoms with Gasteiger partial charge in [0.25, 0.3) is 0 Å². The molecule has 0 radical (unpaired) electrons. The maximum Gasteiger partial charge on any atom is 0.307 e. The number of thiophene rings is 1. The third-order valence-electron chi connectivity index (χ3n) is 8.03. The predicted molar refractivity (Wildman–Crippen MR) is 130 cm³/mol. The number of carbonyl (C=O) groups excluding carboxylic acids is 1. The summed E-state index contributed by atoms with van der Waals surface area (Å²) < 4.78 is 0. The molecule has 6 N–H and O–H groups in total. The molecule has 1 amide bonds. The summed E-state index contributed by atoms with van der Waals surface area (Å²) in [5, 5.41) is 24.2. The molecular formula is C24H30N6O3S. The van der Waals surface area contributed by atoms with Gasteiger partial charge in [0.1, 0.15) is 0 Å². The Balaban J connectivity index is 1.13. The lowest BCUT2D eigenvalue weighted by Crippen LogP contribution is -2.71. The fraction of sp³-hybridized carbons (Fsp3) is 0.500. The lowest BCUT2D eigenvalue weighted by Gasteiger charge is -2.45. The zero-order valence-corrected chi connectivity index (χ0v) is 19.6.